The molecule has 0 atom stereocenters. The number of halogens is 1. The molecular formula is C14H12ClN3. The van der Waals surface area contributed by atoms with Gasteiger partial charge in [0.15, 0.2) is 0 Å². The minimum atomic E-state index is 0.552. The molecule has 2 heterocycles. The van der Waals surface area contributed by atoms with Crippen LogP contribution < -0.4 is 0 Å². The van der Waals surface area contributed by atoms with Crippen LogP contribution >= 0.6 is 11.6 Å². The van der Waals surface area contributed by atoms with Crippen LogP contribution in [0.2, 0.25) is 5.15 Å². The van der Waals surface area contributed by atoms with E-state index in [-0.39, 0.29) is 0 Å². The molecule has 3 rings (SSSR count). The summed E-state index contributed by atoms with van der Waals surface area (Å²) < 4.78 is 2.00. The van der Waals surface area contributed by atoms with Crippen LogP contribution in [0.15, 0.2) is 42.7 Å². The molecular weight excluding hydrogens is 246 g/mol. The Morgan fingerprint density at radius 3 is 2.78 bits per heavy atom. The van der Waals surface area contributed by atoms with Crippen molar-refractivity contribution >= 4 is 22.5 Å². The van der Waals surface area contributed by atoms with Crippen molar-refractivity contribution in [3.63, 3.8) is 0 Å². The zero-order valence-electron chi connectivity index (χ0n) is 9.97. The van der Waals surface area contributed by atoms with Gasteiger partial charge in [0.05, 0.1) is 29.8 Å². The number of benzene rings is 1. The van der Waals surface area contributed by atoms with E-state index in [1.165, 1.54) is 0 Å². The highest BCUT2D eigenvalue weighted by molar-refractivity contribution is 6.30. The lowest BCUT2D eigenvalue weighted by atomic mass is 10.2. The van der Waals surface area contributed by atoms with Gasteiger partial charge in [-0.25, -0.2) is 4.98 Å². The molecule has 0 aliphatic rings. The van der Waals surface area contributed by atoms with Crippen molar-refractivity contribution in [3.8, 4) is 0 Å². The summed E-state index contributed by atoms with van der Waals surface area (Å²) in [7, 11) is 0. The van der Waals surface area contributed by atoms with Crippen LogP contribution in [0.3, 0.4) is 0 Å². The Bertz CT molecular complexity index is 703. The lowest BCUT2D eigenvalue weighted by Gasteiger charge is -2.06. The molecule has 0 saturated carbocycles. The number of aromatic nitrogens is 3. The van der Waals surface area contributed by atoms with E-state index in [9.17, 15) is 0 Å². The standard InChI is InChI=1S/C14H12ClN3/c1-10-14(15)16-9-18(10)8-12-7-6-11-4-2-3-5-13(11)17-12/h2-7,9H,8H2,1H3. The van der Waals surface area contributed by atoms with Gasteiger partial charge in [0, 0.05) is 5.39 Å². The van der Waals surface area contributed by atoms with E-state index in [0.29, 0.717) is 11.7 Å². The molecule has 0 amide bonds. The monoisotopic (exact) mass is 257 g/mol. The van der Waals surface area contributed by atoms with Gasteiger partial charge < -0.3 is 4.57 Å². The lowest BCUT2D eigenvalue weighted by molar-refractivity contribution is 0.752. The molecule has 0 saturated heterocycles. The maximum Gasteiger partial charge on any atom is 0.149 e. The first-order valence-corrected chi connectivity index (χ1v) is 6.14. The molecule has 18 heavy (non-hydrogen) atoms. The minimum Gasteiger partial charge on any atom is -0.327 e. The fraction of sp³-hybridized carbons (Fsp3) is 0.143. The third-order valence-corrected chi connectivity index (χ3v) is 3.40. The SMILES string of the molecule is Cc1c(Cl)ncn1Cc1ccc2ccccc2n1. The summed E-state index contributed by atoms with van der Waals surface area (Å²) in [5, 5.41) is 1.71. The first kappa shape index (κ1) is 11.2. The first-order chi connectivity index (χ1) is 8.74. The molecule has 0 bridgehead atoms. The van der Waals surface area contributed by atoms with Crippen LogP contribution in [0.25, 0.3) is 10.9 Å². The minimum absolute atomic E-state index is 0.552. The summed E-state index contributed by atoms with van der Waals surface area (Å²) in [6, 6.07) is 12.2. The molecule has 2 aromatic heterocycles. The predicted octanol–water partition coefficient (Wildman–Crippen LogP) is 3.44. The van der Waals surface area contributed by atoms with Crippen molar-refractivity contribution in [2.45, 2.75) is 13.5 Å². The Hall–Kier alpha value is -1.87. The van der Waals surface area contributed by atoms with E-state index < -0.39 is 0 Å². The van der Waals surface area contributed by atoms with Gasteiger partial charge in [0.1, 0.15) is 5.15 Å². The van der Waals surface area contributed by atoms with Crippen LogP contribution in [0.4, 0.5) is 0 Å². The summed E-state index contributed by atoms with van der Waals surface area (Å²) >= 11 is 5.94. The van der Waals surface area contributed by atoms with E-state index in [0.717, 1.165) is 22.3 Å². The summed E-state index contributed by atoms with van der Waals surface area (Å²) in [6.07, 6.45) is 1.74. The number of fused-ring (bicyclic) bond motifs is 1. The van der Waals surface area contributed by atoms with Crippen LogP contribution in [0, 0.1) is 6.92 Å². The highest BCUT2D eigenvalue weighted by atomic mass is 35.5. The highest BCUT2D eigenvalue weighted by Gasteiger charge is 2.05. The second kappa shape index (κ2) is 4.42. The number of nitrogens with zero attached hydrogens (tertiary/aromatic N) is 3. The van der Waals surface area contributed by atoms with Gasteiger partial charge in [-0.2, -0.15) is 0 Å². The van der Waals surface area contributed by atoms with Crippen LogP contribution in [-0.4, -0.2) is 14.5 Å². The van der Waals surface area contributed by atoms with E-state index in [2.05, 4.69) is 22.1 Å². The van der Waals surface area contributed by atoms with Gasteiger partial charge in [-0.3, -0.25) is 4.98 Å². The van der Waals surface area contributed by atoms with Gasteiger partial charge in [-0.05, 0) is 19.1 Å². The molecule has 90 valence electrons. The van der Waals surface area contributed by atoms with Crippen LogP contribution in [0.5, 0.6) is 0 Å². The maximum atomic E-state index is 5.94. The predicted molar refractivity (Wildman–Crippen MR) is 72.8 cm³/mol. The molecule has 4 heteroatoms. The number of rotatable bonds is 2. The molecule has 0 spiro atoms. The Balaban J connectivity index is 1.98. The summed E-state index contributed by atoms with van der Waals surface area (Å²) in [5.74, 6) is 0. The van der Waals surface area contributed by atoms with Crippen molar-refractivity contribution in [2.75, 3.05) is 0 Å². The maximum absolute atomic E-state index is 5.94. The molecule has 3 aromatic rings. The van der Waals surface area contributed by atoms with Gasteiger partial charge in [0.2, 0.25) is 0 Å². The Labute approximate surface area is 110 Å². The quantitative estimate of drug-likeness (QED) is 0.704. The summed E-state index contributed by atoms with van der Waals surface area (Å²) in [6.45, 7) is 2.65. The number of imidazole rings is 1. The second-order valence-electron chi connectivity index (χ2n) is 4.24. The Kier molecular flexibility index (Phi) is 2.76. The van der Waals surface area contributed by atoms with Crippen molar-refractivity contribution in [1.82, 2.24) is 14.5 Å². The smallest absolute Gasteiger partial charge is 0.149 e. The molecule has 1 aromatic carbocycles. The largest absolute Gasteiger partial charge is 0.327 e. The Morgan fingerprint density at radius 1 is 1.17 bits per heavy atom. The molecule has 0 unspecified atom stereocenters. The van der Waals surface area contributed by atoms with Crippen molar-refractivity contribution in [3.05, 3.63) is 59.3 Å². The molecule has 3 nitrogen and oxygen atoms in total. The molecule has 0 radical (unpaired) electrons. The number of para-hydroxylation sites is 1. The molecule has 0 aliphatic carbocycles. The average molecular weight is 258 g/mol. The van der Waals surface area contributed by atoms with E-state index in [1.807, 2.05) is 35.8 Å². The third kappa shape index (κ3) is 1.97. The van der Waals surface area contributed by atoms with Gasteiger partial charge >= 0.3 is 0 Å². The zero-order chi connectivity index (χ0) is 12.5. The topological polar surface area (TPSA) is 30.7 Å². The fourth-order valence-electron chi connectivity index (χ4n) is 1.95. The second-order valence-corrected chi connectivity index (χ2v) is 4.60. The van der Waals surface area contributed by atoms with Crippen molar-refractivity contribution in [1.29, 1.82) is 0 Å². The zero-order valence-corrected chi connectivity index (χ0v) is 10.7. The van der Waals surface area contributed by atoms with Crippen LogP contribution in [0.1, 0.15) is 11.4 Å². The highest BCUT2D eigenvalue weighted by Crippen LogP contribution is 2.15. The lowest BCUT2D eigenvalue weighted by Crippen LogP contribution is -2.02. The normalized spacial score (nSPS) is 11.0. The van der Waals surface area contributed by atoms with Gasteiger partial charge in [-0.15, -0.1) is 0 Å². The van der Waals surface area contributed by atoms with E-state index in [1.54, 1.807) is 6.33 Å². The number of hydrogen-bond acceptors (Lipinski definition) is 2. The summed E-state index contributed by atoms with van der Waals surface area (Å²) in [4.78, 5) is 8.70. The van der Waals surface area contributed by atoms with Crippen molar-refractivity contribution < 1.29 is 0 Å². The van der Waals surface area contributed by atoms with E-state index in [4.69, 9.17) is 11.6 Å². The molecule has 0 fully saturated rings. The third-order valence-electron chi connectivity index (χ3n) is 3.03. The summed E-state index contributed by atoms with van der Waals surface area (Å²) in [5.41, 5.74) is 2.98. The first-order valence-electron chi connectivity index (χ1n) is 5.76. The van der Waals surface area contributed by atoms with E-state index >= 15 is 0 Å². The Morgan fingerprint density at radius 2 is 2.00 bits per heavy atom. The van der Waals surface area contributed by atoms with Crippen molar-refractivity contribution in [2.24, 2.45) is 0 Å². The average Bonchev–Trinajstić information content (AvgIpc) is 2.71. The van der Waals surface area contributed by atoms with Gasteiger partial charge in [0.25, 0.3) is 0 Å². The molecule has 0 aliphatic heterocycles. The fourth-order valence-corrected chi connectivity index (χ4v) is 2.10. The van der Waals surface area contributed by atoms with Gasteiger partial charge in [-0.1, -0.05) is 35.9 Å². The number of hydrogen-bond donors (Lipinski definition) is 0. The van der Waals surface area contributed by atoms with Crippen LogP contribution in [-0.2, 0) is 6.54 Å². The number of pyridine rings is 1. The molecule has 0 N–H and O–H groups in total.